The summed E-state index contributed by atoms with van der Waals surface area (Å²) in [5, 5.41) is 12.5. The van der Waals surface area contributed by atoms with Crippen LogP contribution in [-0.2, 0) is 11.8 Å². The number of ether oxygens (including phenoxy) is 1. The normalized spacial score (nSPS) is 13.0. The minimum absolute atomic E-state index is 0.358. The molecule has 1 heterocycles. The van der Waals surface area contributed by atoms with E-state index < -0.39 is 0 Å². The number of thioether (sulfide) groups is 1. The molecule has 92 valence electrons. The van der Waals surface area contributed by atoms with E-state index in [0.717, 1.165) is 29.9 Å². The van der Waals surface area contributed by atoms with Crippen LogP contribution in [0.3, 0.4) is 0 Å². The average molecular weight is 244 g/mol. The lowest BCUT2D eigenvalue weighted by Crippen LogP contribution is -2.35. The van der Waals surface area contributed by atoms with Gasteiger partial charge in [0, 0.05) is 26.0 Å². The molecule has 0 amide bonds. The molecule has 1 unspecified atom stereocenters. The summed E-state index contributed by atoms with van der Waals surface area (Å²) in [7, 11) is 3.71. The zero-order chi connectivity index (χ0) is 12.0. The van der Waals surface area contributed by atoms with Crippen molar-refractivity contribution in [3.8, 4) is 0 Å². The number of nitrogens with zero attached hydrogens (tertiary/aromatic N) is 3. The Morgan fingerprint density at radius 1 is 1.50 bits per heavy atom. The molecule has 6 heteroatoms. The highest BCUT2D eigenvalue weighted by molar-refractivity contribution is 7.99. The molecule has 0 fully saturated rings. The van der Waals surface area contributed by atoms with E-state index in [2.05, 4.69) is 22.4 Å². The van der Waals surface area contributed by atoms with E-state index >= 15 is 0 Å². The Bertz CT molecular complexity index is 310. The maximum absolute atomic E-state index is 5.16. The molecule has 1 aromatic rings. The summed E-state index contributed by atoms with van der Waals surface area (Å²) in [5.41, 5.74) is 0. The fraction of sp³-hybridized carbons (Fsp3) is 0.800. The molecule has 0 saturated heterocycles. The van der Waals surface area contributed by atoms with Gasteiger partial charge < -0.3 is 14.6 Å². The Kier molecular flexibility index (Phi) is 5.79. The van der Waals surface area contributed by atoms with Crippen molar-refractivity contribution in [1.82, 2.24) is 20.1 Å². The van der Waals surface area contributed by atoms with E-state index in [-0.39, 0.29) is 0 Å². The first-order valence-electron chi connectivity index (χ1n) is 5.40. The van der Waals surface area contributed by atoms with Gasteiger partial charge in [0.25, 0.3) is 0 Å². The molecular formula is C10H20N4OS. The van der Waals surface area contributed by atoms with E-state index in [1.165, 1.54) is 0 Å². The van der Waals surface area contributed by atoms with Gasteiger partial charge in [-0.1, -0.05) is 18.7 Å². The number of hydrogen-bond donors (Lipinski definition) is 1. The molecule has 16 heavy (non-hydrogen) atoms. The largest absolute Gasteiger partial charge is 0.383 e. The summed E-state index contributed by atoms with van der Waals surface area (Å²) >= 11 is 1.70. The predicted molar refractivity (Wildman–Crippen MR) is 65.8 cm³/mol. The zero-order valence-electron chi connectivity index (χ0n) is 10.4. The molecule has 1 rings (SSSR count). The molecule has 5 nitrogen and oxygen atoms in total. The molecule has 0 aliphatic heterocycles. The summed E-state index contributed by atoms with van der Waals surface area (Å²) in [6.45, 7) is 5.72. The second-order valence-corrected chi connectivity index (χ2v) is 4.60. The van der Waals surface area contributed by atoms with Crippen molar-refractivity contribution in [3.05, 3.63) is 5.82 Å². The SMILES string of the molecule is CCNC(COC)CSc1nnc(C)n1C. The highest BCUT2D eigenvalue weighted by atomic mass is 32.2. The first-order chi connectivity index (χ1) is 7.69. The minimum atomic E-state index is 0.358. The average Bonchev–Trinajstić information content (AvgIpc) is 2.58. The quantitative estimate of drug-likeness (QED) is 0.720. The summed E-state index contributed by atoms with van der Waals surface area (Å²) < 4.78 is 7.16. The van der Waals surface area contributed by atoms with Crippen LogP contribution in [0, 0.1) is 6.92 Å². The number of likely N-dealkylation sites (N-methyl/N-ethyl adjacent to an activating group) is 1. The highest BCUT2D eigenvalue weighted by Crippen LogP contribution is 2.16. The molecule has 0 radical (unpaired) electrons. The lowest BCUT2D eigenvalue weighted by atomic mass is 10.3. The first-order valence-corrected chi connectivity index (χ1v) is 6.38. The third-order valence-electron chi connectivity index (χ3n) is 2.33. The van der Waals surface area contributed by atoms with Gasteiger partial charge in [-0.3, -0.25) is 0 Å². The van der Waals surface area contributed by atoms with Gasteiger partial charge in [0.1, 0.15) is 5.82 Å². The number of nitrogens with one attached hydrogen (secondary N) is 1. The molecule has 0 aliphatic carbocycles. The van der Waals surface area contributed by atoms with Crippen LogP contribution < -0.4 is 5.32 Å². The number of aromatic nitrogens is 3. The van der Waals surface area contributed by atoms with Crippen molar-refractivity contribution in [3.63, 3.8) is 0 Å². The van der Waals surface area contributed by atoms with Gasteiger partial charge in [-0.25, -0.2) is 0 Å². The van der Waals surface area contributed by atoms with E-state index in [1.807, 2.05) is 18.5 Å². The fourth-order valence-corrected chi connectivity index (χ4v) is 2.33. The van der Waals surface area contributed by atoms with Gasteiger partial charge in [-0.2, -0.15) is 0 Å². The van der Waals surface area contributed by atoms with E-state index in [4.69, 9.17) is 4.74 Å². The molecular weight excluding hydrogens is 224 g/mol. The Balaban J connectivity index is 2.45. The lowest BCUT2D eigenvalue weighted by Gasteiger charge is -2.15. The second kappa shape index (κ2) is 6.88. The zero-order valence-corrected chi connectivity index (χ0v) is 11.2. The fourth-order valence-electron chi connectivity index (χ4n) is 1.34. The van der Waals surface area contributed by atoms with Crippen molar-refractivity contribution in [2.45, 2.75) is 25.0 Å². The Morgan fingerprint density at radius 3 is 2.75 bits per heavy atom. The molecule has 1 aromatic heterocycles. The van der Waals surface area contributed by atoms with Crippen LogP contribution in [-0.4, -0.2) is 46.8 Å². The maximum Gasteiger partial charge on any atom is 0.190 e. The summed E-state index contributed by atoms with van der Waals surface area (Å²) in [5.74, 6) is 1.88. The molecule has 0 aliphatic rings. The second-order valence-electron chi connectivity index (χ2n) is 3.61. The van der Waals surface area contributed by atoms with Gasteiger partial charge in [0.2, 0.25) is 0 Å². The minimum Gasteiger partial charge on any atom is -0.383 e. The van der Waals surface area contributed by atoms with E-state index in [0.29, 0.717) is 6.04 Å². The van der Waals surface area contributed by atoms with E-state index in [1.54, 1.807) is 18.9 Å². The van der Waals surface area contributed by atoms with Crippen molar-refractivity contribution in [1.29, 1.82) is 0 Å². The molecule has 1 atom stereocenters. The Hall–Kier alpha value is -0.590. The van der Waals surface area contributed by atoms with Gasteiger partial charge in [-0.05, 0) is 13.5 Å². The third kappa shape index (κ3) is 3.77. The van der Waals surface area contributed by atoms with Crippen LogP contribution in [0.15, 0.2) is 5.16 Å². The highest BCUT2D eigenvalue weighted by Gasteiger charge is 2.11. The number of rotatable bonds is 7. The summed E-state index contributed by atoms with van der Waals surface area (Å²) in [4.78, 5) is 0. The molecule has 0 bridgehead atoms. The molecule has 0 aromatic carbocycles. The standard InChI is InChI=1S/C10H20N4OS/c1-5-11-9(6-15-4)7-16-10-13-12-8(2)14(10)3/h9,11H,5-7H2,1-4H3. The van der Waals surface area contributed by atoms with E-state index in [9.17, 15) is 0 Å². The van der Waals surface area contributed by atoms with Gasteiger partial charge >= 0.3 is 0 Å². The number of aryl methyl sites for hydroxylation is 1. The predicted octanol–water partition coefficient (Wildman–Crippen LogP) is 0.840. The van der Waals surface area contributed by atoms with Crippen molar-refractivity contribution in [2.75, 3.05) is 26.0 Å². The van der Waals surface area contributed by atoms with Crippen LogP contribution in [0.1, 0.15) is 12.7 Å². The van der Waals surface area contributed by atoms with Crippen LogP contribution in [0.4, 0.5) is 0 Å². The third-order valence-corrected chi connectivity index (χ3v) is 3.51. The number of hydrogen-bond acceptors (Lipinski definition) is 5. The molecule has 1 N–H and O–H groups in total. The smallest absolute Gasteiger partial charge is 0.190 e. The first kappa shape index (κ1) is 13.5. The Labute approximate surface area is 101 Å². The topological polar surface area (TPSA) is 52.0 Å². The van der Waals surface area contributed by atoms with Crippen LogP contribution in [0.2, 0.25) is 0 Å². The van der Waals surface area contributed by atoms with Gasteiger partial charge in [0.05, 0.1) is 6.61 Å². The maximum atomic E-state index is 5.16. The van der Waals surface area contributed by atoms with Gasteiger partial charge in [0.15, 0.2) is 5.16 Å². The van der Waals surface area contributed by atoms with Crippen LogP contribution in [0.5, 0.6) is 0 Å². The van der Waals surface area contributed by atoms with Crippen molar-refractivity contribution < 1.29 is 4.74 Å². The molecule has 0 saturated carbocycles. The van der Waals surface area contributed by atoms with Gasteiger partial charge in [-0.15, -0.1) is 10.2 Å². The Morgan fingerprint density at radius 2 is 2.25 bits per heavy atom. The number of methoxy groups -OCH3 is 1. The lowest BCUT2D eigenvalue weighted by molar-refractivity contribution is 0.174. The summed E-state index contributed by atoms with van der Waals surface area (Å²) in [6, 6.07) is 0.358. The monoisotopic (exact) mass is 244 g/mol. The summed E-state index contributed by atoms with van der Waals surface area (Å²) in [6.07, 6.45) is 0. The van der Waals surface area contributed by atoms with Crippen molar-refractivity contribution >= 4 is 11.8 Å². The van der Waals surface area contributed by atoms with Crippen LogP contribution >= 0.6 is 11.8 Å². The van der Waals surface area contributed by atoms with Crippen LogP contribution in [0.25, 0.3) is 0 Å². The molecule has 0 spiro atoms. The van der Waals surface area contributed by atoms with Crippen molar-refractivity contribution in [2.24, 2.45) is 7.05 Å².